The normalized spacial score (nSPS) is 12.5. The molecule has 0 saturated heterocycles. The van der Waals surface area contributed by atoms with Gasteiger partial charge in [0.1, 0.15) is 0 Å². The van der Waals surface area contributed by atoms with Crippen LogP contribution in [0.1, 0.15) is 50.4 Å². The zero-order valence-electron chi connectivity index (χ0n) is 11.7. The highest BCUT2D eigenvalue weighted by atomic mass is 79.9. The molecule has 0 aliphatic heterocycles. The van der Waals surface area contributed by atoms with Gasteiger partial charge < -0.3 is 10.4 Å². The van der Waals surface area contributed by atoms with Gasteiger partial charge in [-0.05, 0) is 47.3 Å². The fourth-order valence-electron chi connectivity index (χ4n) is 2.03. The summed E-state index contributed by atoms with van der Waals surface area (Å²) in [6.07, 6.45) is 3.41. The Labute approximate surface area is 123 Å². The first kappa shape index (κ1) is 16.0. The van der Waals surface area contributed by atoms with Crippen LogP contribution in [0.4, 0.5) is 5.69 Å². The van der Waals surface area contributed by atoms with E-state index in [1.807, 2.05) is 12.1 Å². The minimum Gasteiger partial charge on any atom is -0.478 e. The van der Waals surface area contributed by atoms with Gasteiger partial charge in [-0.1, -0.05) is 32.8 Å². The smallest absolute Gasteiger partial charge is 0.338 e. The predicted molar refractivity (Wildman–Crippen MR) is 82.9 cm³/mol. The van der Waals surface area contributed by atoms with Crippen molar-refractivity contribution in [1.82, 2.24) is 0 Å². The molecule has 1 unspecified atom stereocenters. The van der Waals surface area contributed by atoms with Crippen molar-refractivity contribution in [2.75, 3.05) is 5.32 Å². The molecule has 0 aliphatic carbocycles. The maximum atomic E-state index is 11.3. The molecule has 4 heteroatoms. The van der Waals surface area contributed by atoms with Crippen molar-refractivity contribution in [3.8, 4) is 0 Å². The lowest BCUT2D eigenvalue weighted by Crippen LogP contribution is -2.17. The third-order valence-electron chi connectivity index (χ3n) is 3.05. The summed E-state index contributed by atoms with van der Waals surface area (Å²) < 4.78 is 0.611. The summed E-state index contributed by atoms with van der Waals surface area (Å²) in [5.74, 6) is -0.197. The van der Waals surface area contributed by atoms with Crippen LogP contribution in [0, 0.1) is 5.92 Å². The van der Waals surface area contributed by atoms with E-state index in [4.69, 9.17) is 0 Å². The van der Waals surface area contributed by atoms with Crippen LogP contribution >= 0.6 is 15.9 Å². The number of carboxylic acid groups (broad SMARTS) is 1. The minimum atomic E-state index is -0.913. The second-order valence-electron chi connectivity index (χ2n) is 5.34. The van der Waals surface area contributed by atoms with E-state index in [0.29, 0.717) is 21.6 Å². The Kier molecular flexibility index (Phi) is 6.35. The van der Waals surface area contributed by atoms with Crippen molar-refractivity contribution in [2.24, 2.45) is 5.92 Å². The average molecular weight is 328 g/mol. The van der Waals surface area contributed by atoms with E-state index in [2.05, 4.69) is 42.0 Å². The second kappa shape index (κ2) is 7.53. The van der Waals surface area contributed by atoms with Gasteiger partial charge in [-0.3, -0.25) is 0 Å². The molecule has 0 heterocycles. The lowest BCUT2D eigenvalue weighted by molar-refractivity contribution is 0.0697. The Balaban J connectivity index is 2.66. The Bertz CT molecular complexity index is 432. The fraction of sp³-hybridized carbons (Fsp3) is 0.533. The molecule has 2 N–H and O–H groups in total. The topological polar surface area (TPSA) is 49.3 Å². The van der Waals surface area contributed by atoms with Crippen molar-refractivity contribution in [3.63, 3.8) is 0 Å². The molecule has 0 radical (unpaired) electrons. The number of hydrogen-bond acceptors (Lipinski definition) is 2. The maximum absolute atomic E-state index is 11.3. The molecule has 0 bridgehead atoms. The maximum Gasteiger partial charge on any atom is 0.338 e. The van der Waals surface area contributed by atoms with Crippen molar-refractivity contribution in [2.45, 2.75) is 46.1 Å². The molecule has 0 aliphatic rings. The van der Waals surface area contributed by atoms with Gasteiger partial charge >= 0.3 is 5.97 Å². The first-order valence-electron chi connectivity index (χ1n) is 6.70. The second-order valence-corrected chi connectivity index (χ2v) is 6.19. The molecule has 3 nitrogen and oxygen atoms in total. The summed E-state index contributed by atoms with van der Waals surface area (Å²) in [4.78, 5) is 11.3. The van der Waals surface area contributed by atoms with E-state index < -0.39 is 5.97 Å². The van der Waals surface area contributed by atoms with Gasteiger partial charge in [0.2, 0.25) is 0 Å². The molecule has 0 saturated carbocycles. The summed E-state index contributed by atoms with van der Waals surface area (Å²) in [7, 11) is 0. The number of benzene rings is 1. The van der Waals surface area contributed by atoms with Gasteiger partial charge in [-0.15, -0.1) is 0 Å². The quantitative estimate of drug-likeness (QED) is 0.758. The van der Waals surface area contributed by atoms with Crippen molar-refractivity contribution in [3.05, 3.63) is 28.2 Å². The van der Waals surface area contributed by atoms with Gasteiger partial charge in [-0.2, -0.15) is 0 Å². The zero-order valence-corrected chi connectivity index (χ0v) is 13.3. The average Bonchev–Trinajstić information content (AvgIpc) is 2.27. The number of carbonyl (C=O) groups is 1. The number of rotatable bonds is 7. The molecule has 1 aromatic carbocycles. The molecule has 0 amide bonds. The Hall–Kier alpha value is -1.03. The monoisotopic (exact) mass is 327 g/mol. The van der Waals surface area contributed by atoms with Crippen LogP contribution in [0.5, 0.6) is 0 Å². The number of halogens is 1. The highest BCUT2D eigenvalue weighted by Crippen LogP contribution is 2.26. The third-order valence-corrected chi connectivity index (χ3v) is 3.71. The lowest BCUT2D eigenvalue weighted by atomic mass is 10.0. The van der Waals surface area contributed by atoms with E-state index in [0.717, 1.165) is 12.8 Å². The molecule has 1 aromatic rings. The standard InChI is InChI=1S/C15H22BrNO2/c1-10(2)6-4-7-11(3)17-13-9-5-8-12(16)14(13)15(18)19/h5,8-11,17H,4,6-7H2,1-3H3,(H,18,19). The van der Waals surface area contributed by atoms with Crippen molar-refractivity contribution in [1.29, 1.82) is 0 Å². The SMILES string of the molecule is CC(C)CCCC(C)Nc1cccc(Br)c1C(=O)O. The number of carboxylic acids is 1. The van der Waals surface area contributed by atoms with E-state index in [9.17, 15) is 9.90 Å². The van der Waals surface area contributed by atoms with E-state index >= 15 is 0 Å². The molecule has 106 valence electrons. The molecule has 0 fully saturated rings. The van der Waals surface area contributed by atoms with Crippen LogP contribution in [0.25, 0.3) is 0 Å². The van der Waals surface area contributed by atoms with Crippen LogP contribution in [0.15, 0.2) is 22.7 Å². The van der Waals surface area contributed by atoms with Gasteiger partial charge in [0.15, 0.2) is 0 Å². The summed E-state index contributed by atoms with van der Waals surface area (Å²) in [5.41, 5.74) is 0.983. The molecule has 0 spiro atoms. The molecule has 19 heavy (non-hydrogen) atoms. The summed E-state index contributed by atoms with van der Waals surface area (Å²) >= 11 is 3.29. The first-order valence-corrected chi connectivity index (χ1v) is 7.49. The van der Waals surface area contributed by atoms with Gasteiger partial charge in [0.25, 0.3) is 0 Å². The minimum absolute atomic E-state index is 0.270. The Morgan fingerprint density at radius 2 is 2.00 bits per heavy atom. The zero-order chi connectivity index (χ0) is 14.4. The van der Waals surface area contributed by atoms with Gasteiger partial charge in [0.05, 0.1) is 11.3 Å². The van der Waals surface area contributed by atoms with Crippen molar-refractivity contribution < 1.29 is 9.90 Å². The number of nitrogens with one attached hydrogen (secondary N) is 1. The highest BCUT2D eigenvalue weighted by Gasteiger charge is 2.15. The van der Waals surface area contributed by atoms with Crippen LogP contribution in [-0.2, 0) is 0 Å². The van der Waals surface area contributed by atoms with Crippen molar-refractivity contribution >= 4 is 27.6 Å². The van der Waals surface area contributed by atoms with Crippen LogP contribution in [0.3, 0.4) is 0 Å². The fourth-order valence-corrected chi connectivity index (χ4v) is 2.57. The molecular weight excluding hydrogens is 306 g/mol. The van der Waals surface area contributed by atoms with Crippen LogP contribution in [0.2, 0.25) is 0 Å². The molecule has 1 atom stereocenters. The summed E-state index contributed by atoms with van der Waals surface area (Å²) in [5, 5.41) is 12.5. The third kappa shape index (κ3) is 5.23. The summed E-state index contributed by atoms with van der Waals surface area (Å²) in [6.45, 7) is 6.52. The molecule has 1 rings (SSSR count). The van der Waals surface area contributed by atoms with E-state index in [-0.39, 0.29) is 6.04 Å². The predicted octanol–water partition coefficient (Wildman–Crippen LogP) is 4.77. The Morgan fingerprint density at radius 3 is 2.58 bits per heavy atom. The number of anilines is 1. The Morgan fingerprint density at radius 1 is 1.32 bits per heavy atom. The largest absolute Gasteiger partial charge is 0.478 e. The van der Waals surface area contributed by atoms with E-state index in [1.165, 1.54) is 6.42 Å². The molecular formula is C15H22BrNO2. The first-order chi connectivity index (χ1) is 8.91. The van der Waals surface area contributed by atoms with Gasteiger partial charge in [0, 0.05) is 10.5 Å². The van der Waals surface area contributed by atoms with Gasteiger partial charge in [-0.25, -0.2) is 4.79 Å². The highest BCUT2D eigenvalue weighted by molar-refractivity contribution is 9.10. The lowest BCUT2D eigenvalue weighted by Gasteiger charge is -2.18. The number of hydrogen-bond donors (Lipinski definition) is 2. The summed E-state index contributed by atoms with van der Waals surface area (Å²) in [6, 6.07) is 5.68. The molecule has 0 aromatic heterocycles. The van der Waals surface area contributed by atoms with E-state index in [1.54, 1.807) is 6.07 Å². The van der Waals surface area contributed by atoms with Crippen LogP contribution in [-0.4, -0.2) is 17.1 Å². The number of aromatic carboxylic acids is 1. The van der Waals surface area contributed by atoms with Crippen LogP contribution < -0.4 is 5.32 Å².